The van der Waals surface area contributed by atoms with Gasteiger partial charge in [-0.15, -0.1) is 0 Å². The van der Waals surface area contributed by atoms with Crippen LogP contribution in [0.25, 0.3) is 0 Å². The maximum absolute atomic E-state index is 6.39. The average Bonchev–Trinajstić information content (AvgIpc) is 2.84. The molecule has 2 aromatic rings. The van der Waals surface area contributed by atoms with Crippen molar-refractivity contribution in [3.8, 4) is 0 Å². The van der Waals surface area contributed by atoms with Gasteiger partial charge in [0.25, 0.3) is 0 Å². The molecule has 0 bridgehead atoms. The van der Waals surface area contributed by atoms with E-state index in [9.17, 15) is 0 Å². The number of para-hydroxylation sites is 1. The number of benzene rings is 2. The van der Waals surface area contributed by atoms with Crippen LogP contribution in [0.15, 0.2) is 42.5 Å². The van der Waals surface area contributed by atoms with E-state index in [4.69, 9.17) is 9.31 Å². The predicted molar refractivity (Wildman–Crippen MR) is 113 cm³/mol. The van der Waals surface area contributed by atoms with E-state index in [1.54, 1.807) is 0 Å². The van der Waals surface area contributed by atoms with Crippen molar-refractivity contribution in [1.82, 2.24) is 0 Å². The first-order valence-electron chi connectivity index (χ1n) is 10.1. The Kier molecular flexibility index (Phi) is 4.60. The van der Waals surface area contributed by atoms with Gasteiger partial charge in [-0.1, -0.05) is 36.4 Å². The molecule has 1 heterocycles. The Morgan fingerprint density at radius 3 is 2.37 bits per heavy atom. The summed E-state index contributed by atoms with van der Waals surface area (Å²) < 4.78 is 12.8. The van der Waals surface area contributed by atoms with Crippen molar-refractivity contribution < 1.29 is 9.31 Å². The minimum atomic E-state index is -0.325. The maximum Gasteiger partial charge on any atom is 0.495 e. The third-order valence-electron chi connectivity index (χ3n) is 6.50. The van der Waals surface area contributed by atoms with Gasteiger partial charge in [-0.05, 0) is 82.1 Å². The molecule has 4 rings (SSSR count). The van der Waals surface area contributed by atoms with Gasteiger partial charge in [-0.3, -0.25) is 0 Å². The zero-order valence-corrected chi connectivity index (χ0v) is 17.1. The number of aryl methyl sites for hydroxylation is 2. The van der Waals surface area contributed by atoms with Crippen LogP contribution in [0.3, 0.4) is 0 Å². The second-order valence-corrected chi connectivity index (χ2v) is 8.91. The first kappa shape index (κ1) is 18.6. The summed E-state index contributed by atoms with van der Waals surface area (Å²) >= 11 is 0. The van der Waals surface area contributed by atoms with Crippen molar-refractivity contribution in [2.75, 3.05) is 5.32 Å². The number of hydrogen-bond donors (Lipinski definition) is 1. The van der Waals surface area contributed by atoms with Gasteiger partial charge in [-0.25, -0.2) is 0 Å². The van der Waals surface area contributed by atoms with Crippen LogP contribution < -0.4 is 10.8 Å². The molecular formula is C23H30BNO2. The average molecular weight is 363 g/mol. The second-order valence-electron chi connectivity index (χ2n) is 8.91. The summed E-state index contributed by atoms with van der Waals surface area (Å²) in [6.45, 7) is 10.6. The molecule has 4 heteroatoms. The molecule has 3 nitrogen and oxygen atoms in total. The second kappa shape index (κ2) is 6.68. The number of nitrogens with one attached hydrogen (secondary N) is 1. The lowest BCUT2D eigenvalue weighted by molar-refractivity contribution is 0.00578. The maximum atomic E-state index is 6.39. The van der Waals surface area contributed by atoms with Crippen LogP contribution >= 0.6 is 0 Å². The Morgan fingerprint density at radius 2 is 1.67 bits per heavy atom. The minimum Gasteiger partial charge on any atom is -0.399 e. The Morgan fingerprint density at radius 1 is 0.963 bits per heavy atom. The molecule has 142 valence electrons. The van der Waals surface area contributed by atoms with Gasteiger partial charge >= 0.3 is 7.12 Å². The molecule has 1 saturated heterocycles. The van der Waals surface area contributed by atoms with Crippen LogP contribution in [-0.4, -0.2) is 18.3 Å². The Labute approximate surface area is 163 Å². The molecule has 0 aromatic heterocycles. The summed E-state index contributed by atoms with van der Waals surface area (Å²) in [6, 6.07) is 15.4. The molecule has 27 heavy (non-hydrogen) atoms. The zero-order chi connectivity index (χ0) is 19.2. The van der Waals surface area contributed by atoms with E-state index in [2.05, 4.69) is 82.4 Å². The van der Waals surface area contributed by atoms with Crippen LogP contribution in [-0.2, 0) is 15.7 Å². The van der Waals surface area contributed by atoms with E-state index in [-0.39, 0.29) is 24.4 Å². The third-order valence-corrected chi connectivity index (χ3v) is 6.50. The SMILES string of the molecule is Cc1ccccc1NC1CCCc2cccc(B3OC(C)(C)C(C)(C)O3)c21. The molecule has 0 spiro atoms. The quantitative estimate of drug-likeness (QED) is 0.796. The first-order valence-corrected chi connectivity index (χ1v) is 10.1. The molecule has 1 atom stereocenters. The van der Waals surface area contributed by atoms with Crippen molar-refractivity contribution in [2.24, 2.45) is 0 Å². The lowest BCUT2D eigenvalue weighted by atomic mass is 9.70. The largest absolute Gasteiger partial charge is 0.495 e. The molecule has 0 amide bonds. The molecule has 0 radical (unpaired) electrons. The van der Waals surface area contributed by atoms with E-state index < -0.39 is 0 Å². The minimum absolute atomic E-state index is 0.282. The van der Waals surface area contributed by atoms with Gasteiger partial charge in [0.15, 0.2) is 0 Å². The smallest absolute Gasteiger partial charge is 0.399 e. The highest BCUT2D eigenvalue weighted by Crippen LogP contribution is 2.39. The Hall–Kier alpha value is -1.78. The molecule has 1 N–H and O–H groups in total. The monoisotopic (exact) mass is 363 g/mol. The van der Waals surface area contributed by atoms with E-state index in [1.165, 1.54) is 34.3 Å². The van der Waals surface area contributed by atoms with Gasteiger partial charge in [0.05, 0.1) is 17.2 Å². The van der Waals surface area contributed by atoms with Crippen molar-refractivity contribution in [3.63, 3.8) is 0 Å². The number of rotatable bonds is 3. The van der Waals surface area contributed by atoms with Gasteiger partial charge < -0.3 is 14.6 Å². The summed E-state index contributed by atoms with van der Waals surface area (Å²) in [5.41, 5.74) is 5.79. The van der Waals surface area contributed by atoms with E-state index in [0.717, 1.165) is 12.8 Å². The summed E-state index contributed by atoms with van der Waals surface area (Å²) in [4.78, 5) is 0. The van der Waals surface area contributed by atoms with Gasteiger partial charge in [0.1, 0.15) is 0 Å². The highest BCUT2D eigenvalue weighted by Gasteiger charge is 2.52. The first-order chi connectivity index (χ1) is 12.8. The molecular weight excluding hydrogens is 333 g/mol. The summed E-state index contributed by atoms with van der Waals surface area (Å²) in [6.07, 6.45) is 3.44. The zero-order valence-electron chi connectivity index (χ0n) is 17.1. The topological polar surface area (TPSA) is 30.5 Å². The van der Waals surface area contributed by atoms with Crippen LogP contribution in [0.5, 0.6) is 0 Å². The van der Waals surface area contributed by atoms with Crippen molar-refractivity contribution >= 4 is 18.3 Å². The van der Waals surface area contributed by atoms with Crippen molar-refractivity contribution in [1.29, 1.82) is 0 Å². The molecule has 0 saturated carbocycles. The fraction of sp³-hybridized carbons (Fsp3) is 0.478. The Balaban J connectivity index is 1.71. The highest BCUT2D eigenvalue weighted by molar-refractivity contribution is 6.62. The molecule has 2 aliphatic rings. The number of fused-ring (bicyclic) bond motifs is 1. The van der Waals surface area contributed by atoms with Crippen molar-refractivity contribution in [3.05, 3.63) is 59.2 Å². The lowest BCUT2D eigenvalue weighted by Gasteiger charge is -2.32. The summed E-state index contributed by atoms with van der Waals surface area (Å²) in [5.74, 6) is 0. The third kappa shape index (κ3) is 3.30. The summed E-state index contributed by atoms with van der Waals surface area (Å²) in [7, 11) is -0.316. The van der Waals surface area contributed by atoms with Crippen LogP contribution in [0.4, 0.5) is 5.69 Å². The Bertz CT molecular complexity index is 830. The van der Waals surface area contributed by atoms with Crippen LogP contribution in [0.1, 0.15) is 63.3 Å². The van der Waals surface area contributed by atoms with Crippen LogP contribution in [0, 0.1) is 6.92 Å². The molecule has 1 aliphatic carbocycles. The fourth-order valence-corrected chi connectivity index (χ4v) is 4.16. The van der Waals surface area contributed by atoms with Gasteiger partial charge in [-0.2, -0.15) is 0 Å². The molecule has 2 aromatic carbocycles. The van der Waals surface area contributed by atoms with Gasteiger partial charge in [0.2, 0.25) is 0 Å². The highest BCUT2D eigenvalue weighted by atomic mass is 16.7. The van der Waals surface area contributed by atoms with E-state index in [0.29, 0.717) is 0 Å². The summed E-state index contributed by atoms with van der Waals surface area (Å²) in [5, 5.41) is 3.80. The number of hydrogen-bond acceptors (Lipinski definition) is 3. The fourth-order valence-electron chi connectivity index (χ4n) is 4.16. The van der Waals surface area contributed by atoms with E-state index in [1.807, 2.05) is 0 Å². The predicted octanol–water partition coefficient (Wildman–Crippen LogP) is 4.78. The number of anilines is 1. The molecule has 1 unspecified atom stereocenters. The van der Waals surface area contributed by atoms with Crippen molar-refractivity contribution in [2.45, 2.75) is 71.1 Å². The van der Waals surface area contributed by atoms with E-state index >= 15 is 0 Å². The standard InChI is InChI=1S/C23H30BNO2/c1-16-10-6-7-14-19(16)25-20-15-9-12-17-11-8-13-18(21(17)20)24-26-22(2,3)23(4,5)27-24/h6-8,10-11,13-14,20,25H,9,12,15H2,1-5H3. The van der Waals surface area contributed by atoms with Crippen LogP contribution in [0.2, 0.25) is 0 Å². The lowest BCUT2D eigenvalue weighted by Crippen LogP contribution is -2.41. The molecule has 1 fully saturated rings. The van der Waals surface area contributed by atoms with Gasteiger partial charge in [0, 0.05) is 5.69 Å². The molecule has 1 aliphatic heterocycles. The normalized spacial score (nSPS) is 23.1.